The Morgan fingerprint density at radius 1 is 1.29 bits per heavy atom. The Hall–Kier alpha value is -1.53. The van der Waals surface area contributed by atoms with Crippen molar-refractivity contribution in [3.63, 3.8) is 0 Å². The molecule has 3 fully saturated rings. The number of rotatable bonds is 3. The maximum absolute atomic E-state index is 12.7. The summed E-state index contributed by atoms with van der Waals surface area (Å²) in [6.07, 6.45) is 9.49. The average molecular weight is 330 g/mol. The van der Waals surface area contributed by atoms with Gasteiger partial charge in [0.25, 0.3) is 5.91 Å². The zero-order valence-electron chi connectivity index (χ0n) is 14.2. The van der Waals surface area contributed by atoms with Crippen LogP contribution < -0.4 is 0 Å². The van der Waals surface area contributed by atoms with E-state index in [1.165, 1.54) is 19.3 Å². The van der Waals surface area contributed by atoms with E-state index in [1.807, 2.05) is 4.90 Å². The first kappa shape index (κ1) is 16.0. The highest BCUT2D eigenvalue weighted by Gasteiger charge is 2.43. The Bertz CT molecular complexity index is 576. The van der Waals surface area contributed by atoms with E-state index in [-0.39, 0.29) is 11.3 Å². The number of amides is 1. The molecule has 2 atom stereocenters. The molecule has 6 nitrogen and oxygen atoms in total. The molecule has 3 aliphatic rings. The molecule has 6 heteroatoms. The van der Waals surface area contributed by atoms with Crippen LogP contribution in [0.4, 0.5) is 0 Å². The second kappa shape index (κ2) is 6.76. The van der Waals surface area contributed by atoms with Gasteiger partial charge in [-0.25, -0.2) is 4.98 Å². The van der Waals surface area contributed by atoms with Gasteiger partial charge in [0.2, 0.25) is 0 Å². The van der Waals surface area contributed by atoms with Gasteiger partial charge in [-0.3, -0.25) is 9.78 Å². The molecular weight excluding hydrogens is 304 g/mol. The van der Waals surface area contributed by atoms with Gasteiger partial charge in [0, 0.05) is 50.6 Å². The van der Waals surface area contributed by atoms with Crippen molar-refractivity contribution in [2.75, 3.05) is 45.9 Å². The smallest absolute Gasteiger partial charge is 0.274 e. The minimum absolute atomic E-state index is 0.0322. The van der Waals surface area contributed by atoms with Gasteiger partial charge in [0.05, 0.1) is 12.8 Å². The molecule has 0 bridgehead atoms. The zero-order chi connectivity index (χ0) is 16.4. The van der Waals surface area contributed by atoms with Gasteiger partial charge in [0.1, 0.15) is 5.69 Å². The largest absolute Gasteiger partial charge is 0.381 e. The van der Waals surface area contributed by atoms with Gasteiger partial charge < -0.3 is 14.5 Å². The maximum Gasteiger partial charge on any atom is 0.274 e. The molecule has 0 aromatic carbocycles. The third kappa shape index (κ3) is 3.30. The van der Waals surface area contributed by atoms with Crippen LogP contribution in [0.15, 0.2) is 18.6 Å². The van der Waals surface area contributed by atoms with Gasteiger partial charge in [0.15, 0.2) is 0 Å². The first-order valence-corrected chi connectivity index (χ1v) is 9.10. The van der Waals surface area contributed by atoms with Gasteiger partial charge in [-0.15, -0.1) is 0 Å². The molecule has 2 unspecified atom stereocenters. The Balaban J connectivity index is 1.38. The molecule has 0 saturated carbocycles. The number of hydrogen-bond donors (Lipinski definition) is 0. The summed E-state index contributed by atoms with van der Waals surface area (Å²) in [5.41, 5.74) is 0.739. The molecule has 1 aromatic rings. The van der Waals surface area contributed by atoms with Crippen LogP contribution in [0.1, 0.15) is 36.2 Å². The molecular formula is C18H26N4O2. The van der Waals surface area contributed by atoms with Crippen LogP contribution in [0.25, 0.3) is 0 Å². The first-order chi connectivity index (χ1) is 11.7. The van der Waals surface area contributed by atoms with Crippen molar-refractivity contribution >= 4 is 5.91 Å². The Labute approximate surface area is 143 Å². The number of carbonyl (C=O) groups is 1. The lowest BCUT2D eigenvalue weighted by molar-refractivity contribution is 0.0518. The molecule has 1 aromatic heterocycles. The third-order valence-electron chi connectivity index (χ3n) is 5.79. The standard InChI is InChI=1S/C18H26N4O2/c23-17(16-10-19-5-6-20-16)22-7-1-3-18(14-22)4-8-21(13-18)11-15-2-9-24-12-15/h5-6,10,15H,1-4,7-9,11-14H2. The van der Waals surface area contributed by atoms with Crippen LogP contribution in [0.2, 0.25) is 0 Å². The lowest BCUT2D eigenvalue weighted by atomic mass is 9.79. The van der Waals surface area contributed by atoms with Crippen LogP contribution in [-0.2, 0) is 4.74 Å². The van der Waals surface area contributed by atoms with Crippen molar-refractivity contribution in [3.05, 3.63) is 24.3 Å². The van der Waals surface area contributed by atoms with Gasteiger partial charge in [-0.1, -0.05) is 0 Å². The molecule has 0 radical (unpaired) electrons. The van der Waals surface area contributed by atoms with Crippen LogP contribution in [0.5, 0.6) is 0 Å². The van der Waals surface area contributed by atoms with Crippen LogP contribution in [0, 0.1) is 11.3 Å². The van der Waals surface area contributed by atoms with Gasteiger partial charge in [-0.05, 0) is 38.1 Å². The SMILES string of the molecule is O=C(c1cnccn1)N1CCCC2(CCN(CC3CCOC3)C2)C1. The first-order valence-electron chi connectivity index (χ1n) is 9.10. The fraction of sp³-hybridized carbons (Fsp3) is 0.722. The van der Waals surface area contributed by atoms with Crippen LogP contribution >= 0.6 is 0 Å². The van der Waals surface area contributed by atoms with Gasteiger partial charge in [-0.2, -0.15) is 0 Å². The Kier molecular flexibility index (Phi) is 4.50. The molecule has 24 heavy (non-hydrogen) atoms. The molecule has 3 saturated heterocycles. The Morgan fingerprint density at radius 3 is 3.04 bits per heavy atom. The summed E-state index contributed by atoms with van der Waals surface area (Å²) >= 11 is 0. The van der Waals surface area contributed by atoms with Gasteiger partial charge >= 0.3 is 0 Å². The minimum atomic E-state index is 0.0322. The predicted octanol–water partition coefficient (Wildman–Crippen LogP) is 1.44. The predicted molar refractivity (Wildman–Crippen MR) is 89.6 cm³/mol. The number of hydrogen-bond acceptors (Lipinski definition) is 5. The highest BCUT2D eigenvalue weighted by atomic mass is 16.5. The quantitative estimate of drug-likeness (QED) is 0.839. The summed E-state index contributed by atoms with van der Waals surface area (Å²) < 4.78 is 5.51. The number of likely N-dealkylation sites (tertiary alicyclic amines) is 2. The van der Waals surface area contributed by atoms with Crippen molar-refractivity contribution in [1.82, 2.24) is 19.8 Å². The lowest BCUT2D eigenvalue weighted by Gasteiger charge is -2.40. The fourth-order valence-corrected chi connectivity index (χ4v) is 4.56. The normalized spacial score (nSPS) is 31.0. The molecule has 4 heterocycles. The number of piperidine rings is 1. The van der Waals surface area contributed by atoms with E-state index in [9.17, 15) is 4.79 Å². The summed E-state index contributed by atoms with van der Waals surface area (Å²) in [5.74, 6) is 0.728. The van der Waals surface area contributed by atoms with E-state index in [1.54, 1.807) is 18.6 Å². The highest BCUT2D eigenvalue weighted by molar-refractivity contribution is 5.92. The lowest BCUT2D eigenvalue weighted by Crippen LogP contribution is -2.47. The molecule has 3 aliphatic heterocycles. The van der Waals surface area contributed by atoms with Crippen molar-refractivity contribution in [2.24, 2.45) is 11.3 Å². The monoisotopic (exact) mass is 330 g/mol. The van der Waals surface area contributed by atoms with E-state index in [4.69, 9.17) is 4.74 Å². The van der Waals surface area contributed by atoms with Crippen molar-refractivity contribution in [1.29, 1.82) is 0 Å². The molecule has 130 valence electrons. The summed E-state index contributed by atoms with van der Waals surface area (Å²) in [6, 6.07) is 0. The van der Waals surface area contributed by atoms with Crippen molar-refractivity contribution in [2.45, 2.75) is 25.7 Å². The summed E-state index contributed by atoms with van der Waals surface area (Å²) in [4.78, 5) is 25.5. The zero-order valence-corrected chi connectivity index (χ0v) is 14.2. The van der Waals surface area contributed by atoms with Crippen molar-refractivity contribution < 1.29 is 9.53 Å². The second-order valence-electron chi connectivity index (χ2n) is 7.64. The summed E-state index contributed by atoms with van der Waals surface area (Å²) in [7, 11) is 0. The van der Waals surface area contributed by atoms with E-state index >= 15 is 0 Å². The number of aromatic nitrogens is 2. The molecule has 1 spiro atoms. The number of nitrogens with zero attached hydrogens (tertiary/aromatic N) is 4. The van der Waals surface area contributed by atoms with E-state index in [0.717, 1.165) is 52.4 Å². The summed E-state index contributed by atoms with van der Waals surface area (Å²) in [5, 5.41) is 0. The van der Waals surface area contributed by atoms with E-state index in [0.29, 0.717) is 11.6 Å². The molecule has 4 rings (SSSR count). The minimum Gasteiger partial charge on any atom is -0.381 e. The number of carbonyl (C=O) groups excluding carboxylic acids is 1. The molecule has 1 amide bonds. The molecule has 0 aliphatic carbocycles. The van der Waals surface area contributed by atoms with Crippen LogP contribution in [-0.4, -0.2) is 71.6 Å². The topological polar surface area (TPSA) is 58.6 Å². The van der Waals surface area contributed by atoms with E-state index < -0.39 is 0 Å². The van der Waals surface area contributed by atoms with Crippen molar-refractivity contribution in [3.8, 4) is 0 Å². The summed E-state index contributed by atoms with van der Waals surface area (Å²) in [6.45, 7) is 6.97. The highest BCUT2D eigenvalue weighted by Crippen LogP contribution is 2.39. The third-order valence-corrected chi connectivity index (χ3v) is 5.79. The second-order valence-corrected chi connectivity index (χ2v) is 7.64. The van der Waals surface area contributed by atoms with Crippen LogP contribution in [0.3, 0.4) is 0 Å². The fourth-order valence-electron chi connectivity index (χ4n) is 4.56. The average Bonchev–Trinajstić information content (AvgIpc) is 3.26. The van der Waals surface area contributed by atoms with E-state index in [2.05, 4.69) is 14.9 Å². The Morgan fingerprint density at radius 2 is 2.25 bits per heavy atom. The number of ether oxygens (including phenoxy) is 1. The maximum atomic E-state index is 12.7. The molecule has 0 N–H and O–H groups in total.